The molecule has 4 rings (SSSR count). The Kier molecular flexibility index (Phi) is 27.5. The second-order valence-electron chi connectivity index (χ2n) is 19.1. The number of imidazole rings is 1. The number of nitrogens with one attached hydrogen (secondary N) is 2. The van der Waals surface area contributed by atoms with E-state index >= 15 is 0 Å². The van der Waals surface area contributed by atoms with Crippen molar-refractivity contribution in [2.45, 2.75) is 172 Å². The minimum absolute atomic E-state index is 0.0269. The molecule has 0 saturated carbocycles. The molecule has 2 aromatic rings. The SMILES string of the molecule is C[C@@H]1O[C@@H](OCCCCCCCCCCCCCC/C=C/C(=O)SCCNC(=O)CCNC(=O)[C@H](O)C(C)(C)COP(=O)(O)OP(=O)(O)OC[C@H]2O[C@@H](n3cnc4c(N)ncnc43)[C@H](O)[C@@H]2OP(=O)(O)O)[C@H](O)C[C@H]1O. The number of aromatic nitrogens is 4. The van der Waals surface area contributed by atoms with Gasteiger partial charge in [0.25, 0.3) is 0 Å². The Balaban J connectivity index is 1.00. The largest absolute Gasteiger partial charge is 0.481 e. The summed E-state index contributed by atoms with van der Waals surface area (Å²) in [4.78, 5) is 88.5. The van der Waals surface area contributed by atoms with Gasteiger partial charge in [0.05, 0.1) is 31.7 Å². The Morgan fingerprint density at radius 1 is 0.882 bits per heavy atom. The molecule has 12 N–H and O–H groups in total. The van der Waals surface area contributed by atoms with Crippen LogP contribution in [-0.4, -0.2) is 164 Å². The number of carbonyl (C=O) groups excluding carboxylic acids is 3. The molecular formula is C44H76N7O21P3S. The second kappa shape index (κ2) is 31.8. The van der Waals surface area contributed by atoms with Crippen LogP contribution < -0.4 is 16.4 Å². The normalized spacial score (nSPS) is 24.4. The van der Waals surface area contributed by atoms with E-state index in [1.165, 1.54) is 58.4 Å². The van der Waals surface area contributed by atoms with Crippen molar-refractivity contribution in [3.8, 4) is 0 Å². The van der Waals surface area contributed by atoms with Gasteiger partial charge in [-0.1, -0.05) is 95.9 Å². The summed E-state index contributed by atoms with van der Waals surface area (Å²) >= 11 is 1.05. The third-order valence-corrected chi connectivity index (χ3v) is 16.2. The summed E-state index contributed by atoms with van der Waals surface area (Å²) in [5.74, 6) is -1.15. The highest BCUT2D eigenvalue weighted by Crippen LogP contribution is 2.61. The molecule has 0 aromatic carbocycles. The molecule has 2 aliphatic rings. The quantitative estimate of drug-likeness (QED) is 0.0265. The van der Waals surface area contributed by atoms with Gasteiger partial charge in [0.1, 0.15) is 42.4 Å². The van der Waals surface area contributed by atoms with Crippen LogP contribution in [0.3, 0.4) is 0 Å². The number of anilines is 1. The van der Waals surface area contributed by atoms with E-state index in [0.717, 1.165) is 73.9 Å². The van der Waals surface area contributed by atoms with Gasteiger partial charge < -0.3 is 70.6 Å². The number of rotatable bonds is 36. The predicted molar refractivity (Wildman–Crippen MR) is 273 cm³/mol. The first kappa shape index (κ1) is 65.7. The van der Waals surface area contributed by atoms with Crippen LogP contribution >= 0.6 is 35.2 Å². The lowest BCUT2D eigenvalue weighted by Gasteiger charge is -2.35. The van der Waals surface area contributed by atoms with Gasteiger partial charge in [-0.2, -0.15) is 4.31 Å². The van der Waals surface area contributed by atoms with Crippen LogP contribution in [0.2, 0.25) is 0 Å². The van der Waals surface area contributed by atoms with Gasteiger partial charge in [0.15, 0.2) is 24.0 Å². The number of phosphoric ester groups is 3. The maximum Gasteiger partial charge on any atom is 0.481 e. The monoisotopic (exact) mass is 1160 g/mol. The van der Waals surface area contributed by atoms with Crippen LogP contribution in [0, 0.1) is 5.41 Å². The Bertz CT molecular complexity index is 2310. The first-order valence-corrected chi connectivity index (χ1v) is 30.7. The molecule has 2 unspecified atom stereocenters. The molecule has 0 spiro atoms. The number of nitrogen functional groups attached to an aromatic ring is 1. The number of unbranched alkanes of at least 4 members (excludes halogenated alkanes) is 12. The number of allylic oxidation sites excluding steroid dienone is 1. The van der Waals surface area contributed by atoms with Crippen molar-refractivity contribution in [2.24, 2.45) is 5.41 Å². The first-order valence-electron chi connectivity index (χ1n) is 25.1. The fraction of sp³-hybridized carbons (Fsp3) is 0.773. The van der Waals surface area contributed by atoms with Crippen molar-refractivity contribution in [3.63, 3.8) is 0 Å². The highest BCUT2D eigenvalue weighted by molar-refractivity contribution is 8.14. The molecule has 2 saturated heterocycles. The molecule has 11 atom stereocenters. The molecular weight excluding hydrogens is 1090 g/mol. The van der Waals surface area contributed by atoms with Gasteiger partial charge in [-0.15, -0.1) is 0 Å². The lowest BCUT2D eigenvalue weighted by atomic mass is 9.87. The first-order chi connectivity index (χ1) is 35.8. The number of aliphatic hydroxyl groups excluding tert-OH is 4. The van der Waals surface area contributed by atoms with E-state index < -0.39 is 103 Å². The highest BCUT2D eigenvalue weighted by Gasteiger charge is 2.50. The average molecular weight is 1160 g/mol. The maximum absolute atomic E-state index is 12.8. The Morgan fingerprint density at radius 2 is 1.51 bits per heavy atom. The van der Waals surface area contributed by atoms with E-state index in [2.05, 4.69) is 34.4 Å². The van der Waals surface area contributed by atoms with Crippen molar-refractivity contribution in [2.75, 3.05) is 44.4 Å². The van der Waals surface area contributed by atoms with Crippen LogP contribution in [0.5, 0.6) is 0 Å². The van der Waals surface area contributed by atoms with Crippen molar-refractivity contribution >= 4 is 69.1 Å². The standard InChI is InChI=1S/C44H76N7O21P3S/c1-29-30(52)24-31(53)43(69-29)66-22-17-15-13-11-9-7-5-4-6-8-10-12-14-16-18-34(55)76-23-21-46-33(54)19-20-47-41(58)38(57)44(2,3)26-68-75(64,65)72-74(62,63)67-25-32-37(71-73(59,60)61)36(56)42(70-32)51-28-50-35-39(45)48-27-49-40(35)51/h16,18,27-32,36-38,42-43,52-53,56-57H,4-15,17,19-26H2,1-3H3,(H,46,54)(H,47,58)(H,62,63)(H,64,65)(H2,45,48,49)(H2,59,60,61)/b18-16+/t29-,30+,31+,32+,36+,37+,38-,42+,43+/m0/s1. The second-order valence-corrected chi connectivity index (χ2v) is 24.5. The average Bonchev–Trinajstić information content (AvgIpc) is 3.90. The number of phosphoric acid groups is 3. The van der Waals surface area contributed by atoms with Crippen molar-refractivity contribution in [1.82, 2.24) is 30.2 Å². The highest BCUT2D eigenvalue weighted by atomic mass is 32.2. The Morgan fingerprint density at radius 3 is 2.17 bits per heavy atom. The summed E-state index contributed by atoms with van der Waals surface area (Å²) in [5.41, 5.74) is 4.26. The molecule has 2 aliphatic heterocycles. The smallest absolute Gasteiger partial charge is 0.390 e. The number of aliphatic hydroxyl groups is 4. The molecule has 2 fully saturated rings. The van der Waals surface area contributed by atoms with Crippen molar-refractivity contribution < 1.29 is 100 Å². The van der Waals surface area contributed by atoms with Crippen LogP contribution in [0.4, 0.5) is 5.82 Å². The fourth-order valence-corrected chi connectivity index (χ4v) is 11.4. The fourth-order valence-electron chi connectivity index (χ4n) is 7.93. The predicted octanol–water partition coefficient (Wildman–Crippen LogP) is 3.17. The molecule has 2 aromatic heterocycles. The molecule has 32 heteroatoms. The number of nitrogens with zero attached hydrogens (tertiary/aromatic N) is 4. The summed E-state index contributed by atoms with van der Waals surface area (Å²) in [6, 6.07) is 0. The number of thioether (sulfide) groups is 1. The number of hydrogen-bond acceptors (Lipinski definition) is 22. The Hall–Kier alpha value is -2.86. The van der Waals surface area contributed by atoms with Crippen molar-refractivity contribution in [3.05, 3.63) is 24.8 Å². The topological polar surface area (TPSA) is 423 Å². The molecule has 0 aliphatic carbocycles. The maximum atomic E-state index is 12.8. The molecule has 76 heavy (non-hydrogen) atoms. The van der Waals surface area contributed by atoms with E-state index in [1.807, 2.05) is 6.08 Å². The third-order valence-electron chi connectivity index (χ3n) is 12.2. The molecule has 0 bridgehead atoms. The summed E-state index contributed by atoms with van der Waals surface area (Å²) in [5, 5.41) is 46.2. The van der Waals surface area contributed by atoms with Crippen molar-refractivity contribution in [1.29, 1.82) is 0 Å². The summed E-state index contributed by atoms with van der Waals surface area (Å²) in [6.07, 6.45) is 8.64. The van der Waals surface area contributed by atoms with Gasteiger partial charge in [-0.05, 0) is 32.3 Å². The van der Waals surface area contributed by atoms with Gasteiger partial charge in [0, 0.05) is 43.7 Å². The number of amides is 2. The molecule has 2 amide bonds. The third kappa shape index (κ3) is 23.1. The van der Waals surface area contributed by atoms with Gasteiger partial charge >= 0.3 is 23.5 Å². The van der Waals surface area contributed by atoms with E-state index in [-0.39, 0.29) is 54.1 Å². The van der Waals surface area contributed by atoms with Crippen LogP contribution in [0.1, 0.15) is 123 Å². The van der Waals surface area contributed by atoms with E-state index in [0.29, 0.717) is 12.4 Å². The minimum atomic E-state index is -5.59. The summed E-state index contributed by atoms with van der Waals surface area (Å²) in [6.45, 7) is 2.76. The lowest BCUT2D eigenvalue weighted by molar-refractivity contribution is -0.261. The number of carbonyl (C=O) groups is 3. The Labute approximate surface area is 445 Å². The minimum Gasteiger partial charge on any atom is -0.390 e. The molecule has 4 heterocycles. The number of ether oxygens (including phenoxy) is 3. The van der Waals surface area contributed by atoms with Crippen LogP contribution in [0.25, 0.3) is 11.2 Å². The number of fused-ring (bicyclic) bond motifs is 1. The molecule has 0 radical (unpaired) electrons. The summed E-state index contributed by atoms with van der Waals surface area (Å²) < 4.78 is 73.7. The van der Waals surface area contributed by atoms with Crippen LogP contribution in [-0.2, 0) is 60.2 Å². The van der Waals surface area contributed by atoms with E-state index in [1.54, 1.807) is 6.92 Å². The van der Waals surface area contributed by atoms with Crippen LogP contribution in [0.15, 0.2) is 24.8 Å². The zero-order valence-electron chi connectivity index (χ0n) is 42.9. The van der Waals surface area contributed by atoms with E-state index in [9.17, 15) is 68.1 Å². The molecule has 434 valence electrons. The molecule has 28 nitrogen and oxygen atoms in total. The van der Waals surface area contributed by atoms with E-state index in [4.69, 9.17) is 29.0 Å². The number of nitrogens with two attached hydrogens (primary N) is 1. The summed E-state index contributed by atoms with van der Waals surface area (Å²) in [7, 11) is -16.4. The zero-order chi connectivity index (χ0) is 56.1. The van der Waals surface area contributed by atoms with Gasteiger partial charge in [-0.3, -0.25) is 32.5 Å². The number of hydrogen-bond donors (Lipinski definition) is 11. The lowest BCUT2D eigenvalue weighted by Crippen LogP contribution is -2.47. The van der Waals surface area contributed by atoms with Gasteiger partial charge in [-0.25, -0.2) is 28.6 Å². The zero-order valence-corrected chi connectivity index (χ0v) is 46.4. The van der Waals surface area contributed by atoms with Gasteiger partial charge in [0.2, 0.25) is 16.9 Å².